The molecule has 2 saturated heterocycles. The van der Waals surface area contributed by atoms with Crippen molar-refractivity contribution in [2.45, 2.75) is 31.7 Å². The zero-order valence-electron chi connectivity index (χ0n) is 11.7. The zero-order valence-corrected chi connectivity index (χ0v) is 11.7. The van der Waals surface area contributed by atoms with Crippen LogP contribution >= 0.6 is 0 Å². The number of nitrogens with one attached hydrogen (secondary N) is 1. The summed E-state index contributed by atoms with van der Waals surface area (Å²) in [5.41, 5.74) is 0. The Labute approximate surface area is 115 Å². The van der Waals surface area contributed by atoms with Crippen molar-refractivity contribution in [3.05, 3.63) is 0 Å². The van der Waals surface area contributed by atoms with Gasteiger partial charge in [0.15, 0.2) is 0 Å². The maximum absolute atomic E-state index is 12.5. The van der Waals surface area contributed by atoms with Gasteiger partial charge in [-0.05, 0) is 24.7 Å². The lowest BCUT2D eigenvalue weighted by Crippen LogP contribution is -2.64. The lowest BCUT2D eigenvalue weighted by Gasteiger charge is -2.47. The van der Waals surface area contributed by atoms with E-state index in [1.807, 2.05) is 0 Å². The summed E-state index contributed by atoms with van der Waals surface area (Å²) < 4.78 is 0. The first-order valence-corrected chi connectivity index (χ1v) is 8.08. The summed E-state index contributed by atoms with van der Waals surface area (Å²) in [5, 5.41) is 3.39. The number of piperazine rings is 1. The summed E-state index contributed by atoms with van der Waals surface area (Å²) in [6.07, 6.45) is 5.34. The Bertz CT molecular complexity index is 348. The molecule has 4 aliphatic rings. The molecule has 1 amide bonds. The molecule has 4 rings (SSSR count). The molecular formula is C15H25N3O. The van der Waals surface area contributed by atoms with Crippen molar-refractivity contribution in [1.29, 1.82) is 0 Å². The zero-order chi connectivity index (χ0) is 12.8. The highest BCUT2D eigenvalue weighted by Crippen LogP contribution is 2.56. The summed E-state index contributed by atoms with van der Waals surface area (Å²) in [6.45, 7) is 6.51. The van der Waals surface area contributed by atoms with E-state index in [-0.39, 0.29) is 0 Å². The second kappa shape index (κ2) is 4.74. The van der Waals surface area contributed by atoms with Gasteiger partial charge in [0.2, 0.25) is 5.91 Å². The van der Waals surface area contributed by atoms with Crippen LogP contribution in [0, 0.1) is 17.8 Å². The van der Waals surface area contributed by atoms with Crippen LogP contribution in [-0.4, -0.2) is 61.0 Å². The first kappa shape index (κ1) is 12.2. The topological polar surface area (TPSA) is 35.6 Å². The third kappa shape index (κ3) is 2.09. The summed E-state index contributed by atoms with van der Waals surface area (Å²) in [7, 11) is 0. The second-order valence-corrected chi connectivity index (χ2v) is 6.82. The quantitative estimate of drug-likeness (QED) is 0.790. The average Bonchev–Trinajstić information content (AvgIpc) is 3.12. The van der Waals surface area contributed by atoms with E-state index in [9.17, 15) is 4.79 Å². The predicted octanol–water partition coefficient (Wildman–Crippen LogP) is 0.539. The van der Waals surface area contributed by atoms with Crippen LogP contribution in [0.25, 0.3) is 0 Å². The van der Waals surface area contributed by atoms with E-state index in [0.29, 0.717) is 17.9 Å². The number of amides is 1. The lowest BCUT2D eigenvalue weighted by molar-refractivity contribution is -0.140. The third-order valence-corrected chi connectivity index (χ3v) is 5.78. The Hall–Kier alpha value is -0.610. The summed E-state index contributed by atoms with van der Waals surface area (Å²) in [4.78, 5) is 17.2. The number of rotatable bonds is 2. The first-order chi connectivity index (χ1) is 9.34. The van der Waals surface area contributed by atoms with Crippen molar-refractivity contribution < 1.29 is 4.79 Å². The smallest absolute Gasteiger partial charge is 0.226 e. The van der Waals surface area contributed by atoms with Crippen LogP contribution in [0.3, 0.4) is 0 Å². The van der Waals surface area contributed by atoms with Crippen LogP contribution in [0.15, 0.2) is 0 Å². The summed E-state index contributed by atoms with van der Waals surface area (Å²) in [6, 6.07) is 0.645. The Morgan fingerprint density at radius 2 is 1.63 bits per heavy atom. The Morgan fingerprint density at radius 1 is 1.00 bits per heavy atom. The highest BCUT2D eigenvalue weighted by molar-refractivity contribution is 5.83. The van der Waals surface area contributed by atoms with Gasteiger partial charge in [0.1, 0.15) is 0 Å². The van der Waals surface area contributed by atoms with Gasteiger partial charge in [0, 0.05) is 51.2 Å². The molecule has 0 aromatic heterocycles. The molecule has 2 aliphatic heterocycles. The van der Waals surface area contributed by atoms with Crippen molar-refractivity contribution in [3.8, 4) is 0 Å². The van der Waals surface area contributed by atoms with Crippen LogP contribution in [-0.2, 0) is 4.79 Å². The number of hydrogen-bond acceptors (Lipinski definition) is 3. The Balaban J connectivity index is 1.28. The van der Waals surface area contributed by atoms with E-state index in [0.717, 1.165) is 51.1 Å². The minimum Gasteiger partial charge on any atom is -0.339 e. The number of carbonyl (C=O) groups excluding carboxylic acids is 1. The molecule has 2 aliphatic carbocycles. The van der Waals surface area contributed by atoms with Gasteiger partial charge in [-0.15, -0.1) is 0 Å². The maximum Gasteiger partial charge on any atom is 0.226 e. The number of carbonyl (C=O) groups is 1. The number of hydrogen-bond donors (Lipinski definition) is 1. The lowest BCUT2D eigenvalue weighted by atomic mass is 10.0. The van der Waals surface area contributed by atoms with Crippen molar-refractivity contribution in [1.82, 2.24) is 15.1 Å². The van der Waals surface area contributed by atoms with Gasteiger partial charge >= 0.3 is 0 Å². The molecule has 0 aromatic carbocycles. The van der Waals surface area contributed by atoms with Gasteiger partial charge in [0.05, 0.1) is 0 Å². The van der Waals surface area contributed by atoms with Crippen LogP contribution in [0.4, 0.5) is 0 Å². The standard InChI is InChI=1S/C15H25N3O/c19-15(14-12-3-1-2-4-13(12)14)18-9-11(10-18)17-7-5-16-6-8-17/h11-14,16H,1-10H2. The minimum atomic E-state index is 0.423. The minimum absolute atomic E-state index is 0.423. The number of nitrogens with zero attached hydrogens (tertiary/aromatic N) is 2. The van der Waals surface area contributed by atoms with Gasteiger partial charge < -0.3 is 10.2 Å². The SMILES string of the molecule is O=C(C1C2CCCCC21)N1CC(N2CCNCC2)C1. The van der Waals surface area contributed by atoms with Crippen molar-refractivity contribution in [2.75, 3.05) is 39.3 Å². The Morgan fingerprint density at radius 3 is 2.26 bits per heavy atom. The fourth-order valence-corrected chi connectivity index (χ4v) is 4.48. The normalized spacial score (nSPS) is 39.6. The number of fused-ring (bicyclic) bond motifs is 1. The largest absolute Gasteiger partial charge is 0.339 e. The van der Waals surface area contributed by atoms with E-state index in [1.54, 1.807) is 0 Å². The third-order valence-electron chi connectivity index (χ3n) is 5.78. The van der Waals surface area contributed by atoms with E-state index in [2.05, 4.69) is 15.1 Å². The van der Waals surface area contributed by atoms with E-state index in [4.69, 9.17) is 0 Å². The van der Waals surface area contributed by atoms with Crippen molar-refractivity contribution in [3.63, 3.8) is 0 Å². The van der Waals surface area contributed by atoms with Gasteiger partial charge in [-0.3, -0.25) is 9.69 Å². The number of likely N-dealkylation sites (tertiary alicyclic amines) is 1. The molecule has 0 radical (unpaired) electrons. The summed E-state index contributed by atoms with van der Waals surface area (Å²) >= 11 is 0. The maximum atomic E-state index is 12.5. The molecule has 4 heteroatoms. The predicted molar refractivity (Wildman–Crippen MR) is 73.7 cm³/mol. The average molecular weight is 263 g/mol. The molecule has 0 bridgehead atoms. The molecule has 2 unspecified atom stereocenters. The monoisotopic (exact) mass is 263 g/mol. The molecule has 0 aromatic rings. The second-order valence-electron chi connectivity index (χ2n) is 6.82. The molecule has 2 heterocycles. The van der Waals surface area contributed by atoms with Crippen LogP contribution < -0.4 is 5.32 Å². The fourth-order valence-electron chi connectivity index (χ4n) is 4.48. The first-order valence-electron chi connectivity index (χ1n) is 8.08. The van der Waals surface area contributed by atoms with Crippen molar-refractivity contribution in [2.24, 2.45) is 17.8 Å². The van der Waals surface area contributed by atoms with E-state index < -0.39 is 0 Å². The molecular weight excluding hydrogens is 238 g/mol. The molecule has 0 spiro atoms. The van der Waals surface area contributed by atoms with Gasteiger partial charge in [-0.25, -0.2) is 0 Å². The summed E-state index contributed by atoms with van der Waals surface area (Å²) in [5.74, 6) is 2.44. The van der Waals surface area contributed by atoms with Crippen LogP contribution in [0.1, 0.15) is 25.7 Å². The molecule has 106 valence electrons. The fraction of sp³-hybridized carbons (Fsp3) is 0.933. The van der Waals surface area contributed by atoms with Crippen LogP contribution in [0.2, 0.25) is 0 Å². The highest BCUT2D eigenvalue weighted by Gasteiger charge is 2.56. The van der Waals surface area contributed by atoms with Crippen molar-refractivity contribution >= 4 is 5.91 Å². The molecule has 1 N–H and O–H groups in total. The molecule has 2 saturated carbocycles. The van der Waals surface area contributed by atoms with Gasteiger partial charge in [-0.1, -0.05) is 12.8 Å². The molecule has 2 atom stereocenters. The Kier molecular flexibility index (Phi) is 3.03. The van der Waals surface area contributed by atoms with E-state index in [1.165, 1.54) is 25.7 Å². The van der Waals surface area contributed by atoms with Gasteiger partial charge in [-0.2, -0.15) is 0 Å². The molecule has 4 fully saturated rings. The van der Waals surface area contributed by atoms with Gasteiger partial charge in [0.25, 0.3) is 0 Å². The highest BCUT2D eigenvalue weighted by atomic mass is 16.2. The molecule has 19 heavy (non-hydrogen) atoms. The van der Waals surface area contributed by atoms with E-state index >= 15 is 0 Å². The van der Waals surface area contributed by atoms with Crippen LogP contribution in [0.5, 0.6) is 0 Å². The molecule has 4 nitrogen and oxygen atoms in total.